The quantitative estimate of drug-likeness (QED) is 0.0456. The highest BCUT2D eigenvalue weighted by atomic mass is 16.5. The number of likely N-dealkylation sites (tertiary alicyclic amines) is 1. The fourth-order valence-electron chi connectivity index (χ4n) is 15.1. The van der Waals surface area contributed by atoms with Gasteiger partial charge in [0, 0.05) is 99.5 Å². The predicted molar refractivity (Wildman–Crippen MR) is 629 cm³/mol. The highest BCUT2D eigenvalue weighted by molar-refractivity contribution is 5.78. The molecule has 9 heteroatoms. The van der Waals surface area contributed by atoms with Gasteiger partial charge in [-0.1, -0.05) is 390 Å². The van der Waals surface area contributed by atoms with Gasteiger partial charge in [0.05, 0.1) is 6.61 Å². The molecular weight excluding hydrogens is 1610 g/mol. The first-order valence-electron chi connectivity index (χ1n) is 39.0. The largest absolute Gasteiger partial charge is 0.380 e. The highest BCUT2D eigenvalue weighted by Crippen LogP contribution is 2.42. The van der Waals surface area contributed by atoms with Gasteiger partial charge in [-0.3, -0.25) is 34.7 Å². The summed E-state index contributed by atoms with van der Waals surface area (Å²) in [5, 5.41) is 0. The van der Waals surface area contributed by atoms with Gasteiger partial charge < -0.3 is 9.64 Å². The van der Waals surface area contributed by atoms with Crippen LogP contribution in [0.25, 0.3) is 0 Å². The summed E-state index contributed by atoms with van der Waals surface area (Å²) in [4.78, 5) is 38.9. The summed E-state index contributed by atoms with van der Waals surface area (Å²) in [6.07, 6.45) is 34.8. The lowest BCUT2D eigenvalue weighted by atomic mass is 9.76. The standard InChI is InChI=1S/C21H30N2.C21H29N.C19H25NO.C18H23N.C15H22N2O.29CH4/c1-6-17(18-7-10-22-11-8-18)14-20(15-21(3,4)5)19-9-12-23-16(2)13-19;1-5-17(19-11-13-22-14-12-19)15-20(16-21(2,3)4)18-9-7-6-8-10-18;1-4-17(19-9-11-20-12-10-19)13-15(2)18-7-5-16(6-8-18)14-21-3;1-4-16(18-10-11-19-15(3)13-18)12-14(2)17-8-6-5-7-9-17;1-3-13(14-6-8-16-9-7-14)11-12(2)17-10-4-5-15(17)18;;;;;;;;;;;;;;;;;;;;;;;;;;;;;/h7-13,17,20H,6,14-15H2,1-5H3;6-14,17,20H,5,15-16H2,1-4H3;5-12,15,17H,4,13-14H2,1-3H3;5-11,13-14,16H,4,12H2,1-3H3;6-9,12-13H,3-5,10-11H2,1-2H3;29*1H4. The van der Waals surface area contributed by atoms with E-state index < -0.39 is 0 Å². The molecule has 6 aromatic heterocycles. The Morgan fingerprint density at radius 3 is 0.833 bits per heavy atom. The third kappa shape index (κ3) is 67.2. The molecule has 9 aromatic rings. The van der Waals surface area contributed by atoms with Crippen LogP contribution in [0.4, 0.5) is 0 Å². The number of hydrogen-bond donors (Lipinski definition) is 0. The first-order chi connectivity index (χ1) is 49.5. The van der Waals surface area contributed by atoms with Crippen LogP contribution in [0, 0.1) is 24.7 Å². The minimum absolute atomic E-state index is 0. The number of carbonyl (C=O) groups excluding carboxylic acids is 1. The molecule has 0 spiro atoms. The monoisotopic (exact) mass is 1850 g/mol. The zero-order valence-electron chi connectivity index (χ0n) is 66.3. The first-order valence-corrected chi connectivity index (χ1v) is 39.0. The maximum Gasteiger partial charge on any atom is 0.222 e. The van der Waals surface area contributed by atoms with E-state index in [1.54, 1.807) is 7.11 Å². The van der Waals surface area contributed by atoms with E-state index in [4.69, 9.17) is 4.74 Å². The van der Waals surface area contributed by atoms with Crippen LogP contribution in [0.2, 0.25) is 0 Å². The molecule has 1 saturated heterocycles. The van der Waals surface area contributed by atoms with Crippen LogP contribution >= 0.6 is 0 Å². The minimum atomic E-state index is 0. The molecule has 1 aliphatic rings. The average molecular weight is 1850 g/mol. The normalized spacial score (nSPS) is 11.8. The highest BCUT2D eigenvalue weighted by Gasteiger charge is 2.29. The molecule has 0 saturated carbocycles. The lowest BCUT2D eigenvalue weighted by Crippen LogP contribution is -2.35. The zero-order valence-corrected chi connectivity index (χ0v) is 66.3. The number of pyridine rings is 6. The molecule has 784 valence electrons. The summed E-state index contributed by atoms with van der Waals surface area (Å²) >= 11 is 0. The predicted octanol–water partition coefficient (Wildman–Crippen LogP) is 43.5. The molecule has 0 bridgehead atoms. The molecule has 3 aromatic carbocycles. The van der Waals surface area contributed by atoms with Crippen molar-refractivity contribution in [1.82, 2.24) is 34.8 Å². The SMILES string of the molecule is C.C.C.C.C.C.C.C.C.C.C.C.C.C.C.C.C.C.C.C.C.C.C.C.C.C.C.C.C.CCC(CC(C)N1CCCC1=O)c1ccncc1.CCC(CC(C)c1ccc(COC)cc1)c1ccncc1.CCC(CC(C)c1ccccc1)c1ccnc(C)c1.CCC(CC(CC(C)(C)C)c1ccccc1)c1ccncc1.CCC(CC(CC(C)(C)C)c1ccnc(C)c1)c1ccncc1. The molecule has 0 aliphatic carbocycles. The van der Waals surface area contributed by atoms with Crippen molar-refractivity contribution in [2.75, 3.05) is 13.7 Å². The van der Waals surface area contributed by atoms with Crippen molar-refractivity contribution in [3.8, 4) is 0 Å². The third-order valence-electron chi connectivity index (χ3n) is 20.9. The van der Waals surface area contributed by atoms with Gasteiger partial charge in [-0.2, -0.15) is 0 Å². The van der Waals surface area contributed by atoms with Gasteiger partial charge in [-0.15, -0.1) is 0 Å². The molecule has 1 fully saturated rings. The molecule has 0 N–H and O–H groups in total. The number of rotatable bonds is 29. The number of amides is 1. The lowest BCUT2D eigenvalue weighted by Gasteiger charge is -2.29. The Labute approximate surface area is 838 Å². The zero-order chi connectivity index (χ0) is 74.6. The molecule has 0 radical (unpaired) electrons. The Morgan fingerprint density at radius 2 is 0.561 bits per heavy atom. The number of benzene rings is 3. The van der Waals surface area contributed by atoms with Crippen molar-refractivity contribution < 1.29 is 9.53 Å². The maximum atomic E-state index is 11.7. The van der Waals surface area contributed by atoms with E-state index in [1.165, 1.54) is 107 Å². The molecule has 7 heterocycles. The number of nitrogens with zero attached hydrogens (tertiary/aromatic N) is 7. The Morgan fingerprint density at radius 1 is 0.311 bits per heavy atom. The van der Waals surface area contributed by atoms with E-state index in [9.17, 15) is 4.79 Å². The molecule has 1 amide bonds. The van der Waals surface area contributed by atoms with Crippen molar-refractivity contribution in [3.05, 3.63) is 287 Å². The van der Waals surface area contributed by atoms with Crippen LogP contribution in [-0.2, 0) is 16.1 Å². The van der Waals surface area contributed by atoms with Crippen LogP contribution < -0.4 is 0 Å². The number of hydrogen-bond acceptors (Lipinski definition) is 8. The number of methoxy groups -OCH3 is 1. The number of aryl methyl sites for hydroxylation is 2. The van der Waals surface area contributed by atoms with E-state index >= 15 is 0 Å². The van der Waals surface area contributed by atoms with Gasteiger partial charge in [-0.05, 0) is 297 Å². The number of aromatic nitrogens is 6. The van der Waals surface area contributed by atoms with Gasteiger partial charge in [0.25, 0.3) is 0 Å². The van der Waals surface area contributed by atoms with E-state index in [1.807, 2.05) is 66.9 Å². The van der Waals surface area contributed by atoms with Crippen LogP contribution in [0.15, 0.2) is 220 Å². The van der Waals surface area contributed by atoms with Crippen LogP contribution in [0.1, 0.15) is 522 Å². The van der Waals surface area contributed by atoms with Crippen LogP contribution in [0.3, 0.4) is 0 Å². The summed E-state index contributed by atoms with van der Waals surface area (Å²) in [6, 6.07) is 57.0. The van der Waals surface area contributed by atoms with Gasteiger partial charge in [0.1, 0.15) is 0 Å². The van der Waals surface area contributed by atoms with Crippen LogP contribution in [-0.4, -0.2) is 60.4 Å². The van der Waals surface area contributed by atoms with Gasteiger partial charge in [0.15, 0.2) is 0 Å². The molecular formula is C123H245N7O2. The smallest absolute Gasteiger partial charge is 0.222 e. The Balaban J connectivity index is -0.0000000477. The van der Waals surface area contributed by atoms with Crippen LogP contribution in [0.5, 0.6) is 0 Å². The second-order valence-corrected chi connectivity index (χ2v) is 31.5. The van der Waals surface area contributed by atoms with Crippen molar-refractivity contribution in [2.24, 2.45) is 10.8 Å². The summed E-state index contributed by atoms with van der Waals surface area (Å²) in [6.45, 7) is 38.0. The Hall–Kier alpha value is -8.01. The molecule has 132 heavy (non-hydrogen) atoms. The van der Waals surface area contributed by atoms with Crippen molar-refractivity contribution in [3.63, 3.8) is 0 Å². The summed E-state index contributed by atoms with van der Waals surface area (Å²) < 4.78 is 5.16. The second kappa shape index (κ2) is 100. The second-order valence-electron chi connectivity index (χ2n) is 31.5. The van der Waals surface area contributed by atoms with Crippen molar-refractivity contribution in [2.45, 2.75) is 482 Å². The molecule has 10 rings (SSSR count). The molecule has 10 unspecified atom stereocenters. The fourth-order valence-corrected chi connectivity index (χ4v) is 15.1. The third-order valence-corrected chi connectivity index (χ3v) is 20.9. The maximum absolute atomic E-state index is 11.7. The Bertz CT molecular complexity index is 3700. The summed E-state index contributed by atoms with van der Waals surface area (Å²) in [7, 11) is 1.73. The van der Waals surface area contributed by atoms with Gasteiger partial charge >= 0.3 is 0 Å². The van der Waals surface area contributed by atoms with Gasteiger partial charge in [-0.25, -0.2) is 0 Å². The van der Waals surface area contributed by atoms with E-state index in [-0.39, 0.29) is 215 Å². The Kier molecular flexibility index (Phi) is 143. The van der Waals surface area contributed by atoms with E-state index in [0.717, 1.165) is 56.5 Å². The molecule has 1 aliphatic heterocycles. The first kappa shape index (κ1) is 188. The summed E-state index contributed by atoms with van der Waals surface area (Å²) in [5.74, 6) is 5.59. The number of carbonyl (C=O) groups is 1. The topological polar surface area (TPSA) is 107 Å². The van der Waals surface area contributed by atoms with E-state index in [2.05, 4.69) is 298 Å². The van der Waals surface area contributed by atoms with Gasteiger partial charge in [0.2, 0.25) is 5.91 Å². The summed E-state index contributed by atoms with van der Waals surface area (Å²) in [5.41, 5.74) is 16.9. The molecule has 10 atom stereocenters. The fraction of sp³-hybridized carbons (Fsp3) is 0.602. The lowest BCUT2D eigenvalue weighted by molar-refractivity contribution is -0.129. The average Bonchev–Trinajstić information content (AvgIpc) is 0.881. The number of ether oxygens (including phenoxy) is 1. The van der Waals surface area contributed by atoms with Crippen molar-refractivity contribution in [1.29, 1.82) is 0 Å². The van der Waals surface area contributed by atoms with E-state index in [0.29, 0.717) is 82.6 Å². The molecule has 9 nitrogen and oxygen atoms in total. The van der Waals surface area contributed by atoms with Crippen molar-refractivity contribution >= 4 is 5.91 Å². The minimum Gasteiger partial charge on any atom is -0.380 e.